The lowest BCUT2D eigenvalue weighted by Gasteiger charge is -1.99. The third kappa shape index (κ3) is 3.64. The molecule has 2 N–H and O–H groups in total. The summed E-state index contributed by atoms with van der Waals surface area (Å²) in [5, 5.41) is 0. The Balaban J connectivity index is 1.67. The standard InChI is InChI=1S/C26H17BrN4/c27-17-3-1-16(2-4-17)25-14-24-13-22-8-7-20(29-22)11-18-5-6-19(28-18)12-21-9-10-23(30-21)15-26(25)31-24/h1-15,29,31H. The summed E-state index contributed by atoms with van der Waals surface area (Å²) in [7, 11) is 0. The summed E-state index contributed by atoms with van der Waals surface area (Å²) < 4.78 is 1.06. The smallest absolute Gasteiger partial charge is 0.0659 e. The van der Waals surface area contributed by atoms with E-state index in [0.29, 0.717) is 0 Å². The zero-order valence-corrected chi connectivity index (χ0v) is 18.0. The normalized spacial score (nSPS) is 12.4. The van der Waals surface area contributed by atoms with Crippen LogP contribution in [0.2, 0.25) is 0 Å². The third-order valence-corrected chi connectivity index (χ3v) is 5.85. The SMILES string of the molecule is Brc1ccc(-c2cc3cc4ccc(cc5nc(cc6nc(cc2[nH]3)C=C6)C=C5)[nH]4)cc1. The second-order valence-corrected chi connectivity index (χ2v) is 8.51. The molecule has 2 aliphatic heterocycles. The predicted octanol–water partition coefficient (Wildman–Crippen LogP) is 7.09. The van der Waals surface area contributed by atoms with E-state index in [1.54, 1.807) is 0 Å². The van der Waals surface area contributed by atoms with Gasteiger partial charge in [-0.15, -0.1) is 0 Å². The molecule has 0 saturated heterocycles. The Kier molecular flexibility index (Phi) is 4.21. The van der Waals surface area contributed by atoms with Gasteiger partial charge in [0.2, 0.25) is 0 Å². The number of aromatic nitrogens is 4. The van der Waals surface area contributed by atoms with Crippen LogP contribution in [0.5, 0.6) is 0 Å². The van der Waals surface area contributed by atoms with Gasteiger partial charge in [0.05, 0.1) is 22.8 Å². The van der Waals surface area contributed by atoms with E-state index in [1.165, 1.54) is 0 Å². The molecule has 0 amide bonds. The lowest BCUT2D eigenvalue weighted by molar-refractivity contribution is 1.28. The first-order valence-corrected chi connectivity index (χ1v) is 10.8. The number of hydrogen-bond acceptors (Lipinski definition) is 2. The zero-order valence-electron chi connectivity index (χ0n) is 16.4. The molecule has 2 aliphatic rings. The first-order valence-electron chi connectivity index (χ1n) is 10.0. The van der Waals surface area contributed by atoms with Gasteiger partial charge < -0.3 is 9.97 Å². The van der Waals surface area contributed by atoms with Crippen LogP contribution in [0.3, 0.4) is 0 Å². The number of hydrogen-bond donors (Lipinski definition) is 2. The fourth-order valence-corrected chi connectivity index (χ4v) is 4.15. The number of rotatable bonds is 1. The quantitative estimate of drug-likeness (QED) is 0.273. The molecule has 6 rings (SSSR count). The second-order valence-electron chi connectivity index (χ2n) is 7.60. The van der Waals surface area contributed by atoms with Crippen molar-refractivity contribution < 1.29 is 0 Å². The second kappa shape index (κ2) is 7.22. The van der Waals surface area contributed by atoms with Crippen molar-refractivity contribution in [3.05, 3.63) is 94.0 Å². The fraction of sp³-hybridized carbons (Fsp3) is 0. The molecule has 1 aromatic carbocycles. The lowest BCUT2D eigenvalue weighted by atomic mass is 10.1. The van der Waals surface area contributed by atoms with Crippen molar-refractivity contribution in [1.82, 2.24) is 19.9 Å². The summed E-state index contributed by atoms with van der Waals surface area (Å²) in [6.07, 6.45) is 8.09. The number of nitrogens with one attached hydrogen (secondary N) is 2. The molecule has 0 unspecified atom stereocenters. The number of H-pyrrole nitrogens is 2. The molecular formula is C26H17BrN4. The van der Waals surface area contributed by atoms with Crippen LogP contribution in [0.15, 0.2) is 71.2 Å². The highest BCUT2D eigenvalue weighted by Crippen LogP contribution is 2.28. The molecule has 0 saturated carbocycles. The summed E-state index contributed by atoms with van der Waals surface area (Å²) in [6, 6.07) is 22.9. The van der Waals surface area contributed by atoms with Gasteiger partial charge in [0.25, 0.3) is 0 Å². The van der Waals surface area contributed by atoms with E-state index in [9.17, 15) is 0 Å². The minimum absolute atomic E-state index is 0.897. The molecule has 31 heavy (non-hydrogen) atoms. The van der Waals surface area contributed by atoms with Gasteiger partial charge in [-0.1, -0.05) is 28.1 Å². The molecule has 5 heteroatoms. The number of nitrogens with zero attached hydrogens (tertiary/aromatic N) is 2. The third-order valence-electron chi connectivity index (χ3n) is 5.32. The topological polar surface area (TPSA) is 57.4 Å². The molecule has 148 valence electrons. The van der Waals surface area contributed by atoms with Crippen molar-refractivity contribution in [2.75, 3.05) is 0 Å². The average molecular weight is 465 g/mol. The van der Waals surface area contributed by atoms with Gasteiger partial charge in [0, 0.05) is 32.1 Å². The van der Waals surface area contributed by atoms with Crippen LogP contribution < -0.4 is 0 Å². The summed E-state index contributed by atoms with van der Waals surface area (Å²) in [6.45, 7) is 0. The van der Waals surface area contributed by atoms with Crippen LogP contribution in [-0.2, 0) is 0 Å². The van der Waals surface area contributed by atoms with Crippen molar-refractivity contribution in [2.24, 2.45) is 0 Å². The van der Waals surface area contributed by atoms with Crippen LogP contribution in [-0.4, -0.2) is 19.9 Å². The molecule has 0 spiro atoms. The highest BCUT2D eigenvalue weighted by Gasteiger charge is 2.07. The van der Waals surface area contributed by atoms with Gasteiger partial charge in [0.15, 0.2) is 0 Å². The average Bonchev–Trinajstić information content (AvgIpc) is 3.54. The lowest BCUT2D eigenvalue weighted by Crippen LogP contribution is -1.78. The minimum atomic E-state index is 0.897. The number of benzene rings is 1. The van der Waals surface area contributed by atoms with Gasteiger partial charge in [-0.25, -0.2) is 9.97 Å². The molecule has 4 nitrogen and oxygen atoms in total. The molecule has 3 aromatic heterocycles. The fourth-order valence-electron chi connectivity index (χ4n) is 3.89. The van der Waals surface area contributed by atoms with E-state index in [0.717, 1.165) is 60.4 Å². The summed E-state index contributed by atoms with van der Waals surface area (Å²) >= 11 is 3.53. The Morgan fingerprint density at radius 3 is 1.87 bits per heavy atom. The van der Waals surface area contributed by atoms with Gasteiger partial charge >= 0.3 is 0 Å². The highest BCUT2D eigenvalue weighted by atomic mass is 79.9. The van der Waals surface area contributed by atoms with E-state index in [-0.39, 0.29) is 0 Å². The Labute approximate surface area is 187 Å². The summed E-state index contributed by atoms with van der Waals surface area (Å²) in [5.41, 5.74) is 10.0. The number of aromatic amines is 2. The van der Waals surface area contributed by atoms with Crippen molar-refractivity contribution in [3.8, 4) is 11.1 Å². The van der Waals surface area contributed by atoms with Crippen molar-refractivity contribution in [2.45, 2.75) is 0 Å². The molecule has 8 bridgehead atoms. The molecule has 5 heterocycles. The van der Waals surface area contributed by atoms with Crippen LogP contribution in [0, 0.1) is 0 Å². The maximum Gasteiger partial charge on any atom is 0.0659 e. The highest BCUT2D eigenvalue weighted by molar-refractivity contribution is 9.10. The number of halogens is 1. The van der Waals surface area contributed by atoms with E-state index in [4.69, 9.17) is 4.98 Å². The van der Waals surface area contributed by atoms with Gasteiger partial charge in [-0.3, -0.25) is 0 Å². The van der Waals surface area contributed by atoms with Crippen LogP contribution in [0.4, 0.5) is 0 Å². The molecule has 0 aliphatic carbocycles. The maximum atomic E-state index is 4.76. The molecule has 4 aromatic rings. The molecule has 0 atom stereocenters. The Morgan fingerprint density at radius 2 is 1.16 bits per heavy atom. The van der Waals surface area contributed by atoms with Crippen LogP contribution in [0.25, 0.3) is 57.5 Å². The Bertz CT molecular complexity index is 1540. The van der Waals surface area contributed by atoms with Gasteiger partial charge in [-0.2, -0.15) is 0 Å². The molecule has 0 fully saturated rings. The monoisotopic (exact) mass is 464 g/mol. The van der Waals surface area contributed by atoms with Crippen molar-refractivity contribution in [3.63, 3.8) is 0 Å². The van der Waals surface area contributed by atoms with E-state index >= 15 is 0 Å². The maximum absolute atomic E-state index is 4.76. The van der Waals surface area contributed by atoms with Crippen molar-refractivity contribution in [1.29, 1.82) is 0 Å². The first-order chi connectivity index (χ1) is 15.2. The van der Waals surface area contributed by atoms with Gasteiger partial charge in [-0.05, 0) is 84.5 Å². The van der Waals surface area contributed by atoms with E-state index < -0.39 is 0 Å². The molecule has 0 radical (unpaired) electrons. The number of fused-ring (bicyclic) bond motifs is 8. The van der Waals surface area contributed by atoms with Crippen LogP contribution >= 0.6 is 15.9 Å². The zero-order chi connectivity index (χ0) is 20.8. The predicted molar refractivity (Wildman–Crippen MR) is 132 cm³/mol. The molecular weight excluding hydrogens is 448 g/mol. The van der Waals surface area contributed by atoms with Crippen molar-refractivity contribution >= 4 is 62.3 Å². The van der Waals surface area contributed by atoms with E-state index in [1.807, 2.05) is 36.4 Å². The largest absolute Gasteiger partial charge is 0.355 e. The Hall–Kier alpha value is -3.70. The first kappa shape index (κ1) is 18.1. The minimum Gasteiger partial charge on any atom is -0.355 e. The van der Waals surface area contributed by atoms with Crippen LogP contribution in [0.1, 0.15) is 22.8 Å². The Morgan fingerprint density at radius 1 is 0.548 bits per heavy atom. The van der Waals surface area contributed by atoms with Gasteiger partial charge in [0.1, 0.15) is 0 Å². The summed E-state index contributed by atoms with van der Waals surface area (Å²) in [4.78, 5) is 16.4. The van der Waals surface area contributed by atoms with E-state index in [2.05, 4.69) is 85.5 Å². The summed E-state index contributed by atoms with van der Waals surface area (Å²) in [5.74, 6) is 0.